The monoisotopic (exact) mass is 480 g/mol. The molecule has 0 spiro atoms. The Labute approximate surface area is 193 Å². The van der Waals surface area contributed by atoms with Crippen LogP contribution in [0.5, 0.6) is 0 Å². The van der Waals surface area contributed by atoms with Crippen molar-refractivity contribution in [3.63, 3.8) is 0 Å². The third-order valence-electron chi connectivity index (χ3n) is 5.49. The molecule has 1 fully saturated rings. The SMILES string of the molecule is CON(CCCCc1ccc(N(CCCl)CCCl)cc1)C1O[C@H](CO)[C@@H](O)[C@H](O)[C@H]1O. The fraction of sp³-hybridized carbons (Fsp3) is 0.714. The van der Waals surface area contributed by atoms with Crippen molar-refractivity contribution in [3.05, 3.63) is 29.8 Å². The second-order valence-corrected chi connectivity index (χ2v) is 8.29. The van der Waals surface area contributed by atoms with Crippen molar-refractivity contribution < 1.29 is 30.0 Å². The number of nitrogens with zero attached hydrogens (tertiary/aromatic N) is 2. The molecular weight excluding hydrogens is 447 g/mol. The molecule has 0 bridgehead atoms. The van der Waals surface area contributed by atoms with Crippen molar-refractivity contribution in [2.75, 3.05) is 50.0 Å². The van der Waals surface area contributed by atoms with E-state index < -0.39 is 37.3 Å². The third-order valence-corrected chi connectivity index (χ3v) is 5.83. The summed E-state index contributed by atoms with van der Waals surface area (Å²) in [6.07, 6.45) is -3.59. The van der Waals surface area contributed by atoms with E-state index in [1.807, 2.05) is 0 Å². The maximum atomic E-state index is 10.2. The molecule has 8 nitrogen and oxygen atoms in total. The summed E-state index contributed by atoms with van der Waals surface area (Å²) in [7, 11) is 1.45. The lowest BCUT2D eigenvalue weighted by atomic mass is 9.98. The molecule has 0 aliphatic carbocycles. The first-order valence-corrected chi connectivity index (χ1v) is 11.6. The van der Waals surface area contributed by atoms with Gasteiger partial charge in [-0.25, -0.2) is 0 Å². The Bertz CT molecular complexity index is 618. The number of alkyl halides is 2. The van der Waals surface area contributed by atoms with E-state index in [0.717, 1.165) is 38.0 Å². The summed E-state index contributed by atoms with van der Waals surface area (Å²) >= 11 is 11.7. The molecule has 178 valence electrons. The lowest BCUT2D eigenvalue weighted by molar-refractivity contribution is -0.328. The molecule has 5 atom stereocenters. The van der Waals surface area contributed by atoms with Gasteiger partial charge in [-0.3, -0.25) is 4.84 Å². The Morgan fingerprint density at radius 3 is 2.13 bits per heavy atom. The minimum Gasteiger partial charge on any atom is -0.394 e. The van der Waals surface area contributed by atoms with Gasteiger partial charge in [-0.15, -0.1) is 23.2 Å². The van der Waals surface area contributed by atoms with Gasteiger partial charge < -0.3 is 30.1 Å². The van der Waals surface area contributed by atoms with Crippen LogP contribution < -0.4 is 4.90 Å². The standard InChI is InChI=1S/C21H34Cl2N2O6/c1-30-25(21-20(29)19(28)18(27)17(14-26)31-21)11-3-2-4-15-5-7-16(8-6-15)24(12-9-22)13-10-23/h5-8,17-21,26-29H,2-4,9-14H2,1H3/t17-,18-,19+,20-,21?/m1/s1. The average molecular weight is 481 g/mol. The predicted molar refractivity (Wildman–Crippen MR) is 121 cm³/mol. The smallest absolute Gasteiger partial charge is 0.162 e. The Kier molecular flexibility index (Phi) is 11.8. The number of halogens is 2. The Balaban J connectivity index is 1.84. The molecule has 1 unspecified atom stereocenters. The Hall–Kier alpha value is -0.680. The Morgan fingerprint density at radius 2 is 1.58 bits per heavy atom. The van der Waals surface area contributed by atoms with Crippen LogP contribution in [-0.2, 0) is 16.0 Å². The molecule has 1 aromatic carbocycles. The van der Waals surface area contributed by atoms with Gasteiger partial charge in [-0.1, -0.05) is 12.1 Å². The highest BCUT2D eigenvalue weighted by atomic mass is 35.5. The Morgan fingerprint density at radius 1 is 0.935 bits per heavy atom. The van der Waals surface area contributed by atoms with Crippen LogP contribution in [0.1, 0.15) is 18.4 Å². The first-order valence-electron chi connectivity index (χ1n) is 10.5. The van der Waals surface area contributed by atoms with Crippen LogP contribution in [0.4, 0.5) is 5.69 Å². The van der Waals surface area contributed by atoms with Gasteiger partial charge in [0.15, 0.2) is 6.23 Å². The van der Waals surface area contributed by atoms with Gasteiger partial charge in [0.1, 0.15) is 24.4 Å². The first kappa shape index (κ1) is 26.6. The van der Waals surface area contributed by atoms with Gasteiger partial charge >= 0.3 is 0 Å². The lowest BCUT2D eigenvalue weighted by Gasteiger charge is -2.43. The van der Waals surface area contributed by atoms with Crippen LogP contribution in [0.25, 0.3) is 0 Å². The number of hydroxylamine groups is 2. The van der Waals surface area contributed by atoms with Crippen LogP contribution in [-0.4, -0.2) is 101 Å². The van der Waals surface area contributed by atoms with E-state index in [-0.39, 0.29) is 0 Å². The third kappa shape index (κ3) is 7.42. The van der Waals surface area contributed by atoms with Gasteiger partial charge in [-0.05, 0) is 37.0 Å². The topological polar surface area (TPSA) is 106 Å². The summed E-state index contributed by atoms with van der Waals surface area (Å²) in [6.45, 7) is 1.48. The minimum atomic E-state index is -1.43. The van der Waals surface area contributed by atoms with E-state index in [1.54, 1.807) is 0 Å². The molecule has 1 saturated heterocycles. The molecule has 1 aliphatic rings. The number of rotatable bonds is 13. The number of aliphatic hydroxyl groups excluding tert-OH is 4. The van der Waals surface area contributed by atoms with Crippen LogP contribution in [0, 0.1) is 0 Å². The molecule has 31 heavy (non-hydrogen) atoms. The number of hydrogen-bond donors (Lipinski definition) is 4. The minimum absolute atomic E-state index is 0.455. The van der Waals surface area contributed by atoms with Gasteiger partial charge in [0.25, 0.3) is 0 Å². The summed E-state index contributed by atoms with van der Waals surface area (Å²) in [4.78, 5) is 7.48. The van der Waals surface area contributed by atoms with Crippen molar-refractivity contribution in [1.82, 2.24) is 5.06 Å². The molecule has 1 aliphatic heterocycles. The fourth-order valence-electron chi connectivity index (χ4n) is 3.69. The number of anilines is 1. The summed E-state index contributed by atoms with van der Waals surface area (Å²) < 4.78 is 5.54. The van der Waals surface area contributed by atoms with Gasteiger partial charge in [0, 0.05) is 37.1 Å². The zero-order chi connectivity index (χ0) is 22.8. The van der Waals surface area contributed by atoms with Crippen LogP contribution in [0.15, 0.2) is 24.3 Å². The summed E-state index contributed by atoms with van der Waals surface area (Å²) in [6, 6.07) is 8.33. The van der Waals surface area contributed by atoms with E-state index >= 15 is 0 Å². The van der Waals surface area contributed by atoms with Crippen molar-refractivity contribution in [2.45, 2.75) is 49.9 Å². The number of unbranched alkanes of at least 4 members (excludes halogenated alkanes) is 1. The van der Waals surface area contributed by atoms with Crippen molar-refractivity contribution in [2.24, 2.45) is 0 Å². The predicted octanol–water partition coefficient (Wildman–Crippen LogP) is 0.957. The highest BCUT2D eigenvalue weighted by Crippen LogP contribution is 2.24. The molecule has 10 heteroatoms. The second kappa shape index (κ2) is 13.8. The quantitative estimate of drug-likeness (QED) is 0.188. The number of hydrogen-bond acceptors (Lipinski definition) is 8. The van der Waals surface area contributed by atoms with E-state index in [0.29, 0.717) is 18.3 Å². The number of aryl methyl sites for hydroxylation is 1. The van der Waals surface area contributed by atoms with Crippen molar-refractivity contribution >= 4 is 28.9 Å². The lowest BCUT2D eigenvalue weighted by Crippen LogP contribution is -2.63. The number of ether oxygens (including phenoxy) is 1. The highest BCUT2D eigenvalue weighted by Gasteiger charge is 2.45. The average Bonchev–Trinajstić information content (AvgIpc) is 2.79. The molecule has 0 amide bonds. The normalized spacial score (nSPS) is 26.4. The van der Waals surface area contributed by atoms with Crippen LogP contribution in [0.2, 0.25) is 0 Å². The summed E-state index contributed by atoms with van der Waals surface area (Å²) in [5.74, 6) is 1.09. The maximum absolute atomic E-state index is 10.2. The van der Waals surface area contributed by atoms with E-state index in [1.165, 1.54) is 17.7 Å². The molecule has 2 rings (SSSR count). The second-order valence-electron chi connectivity index (χ2n) is 7.53. The number of aliphatic hydroxyl groups is 4. The summed E-state index contributed by atoms with van der Waals surface area (Å²) in [5, 5.41) is 40.9. The molecule has 4 N–H and O–H groups in total. The maximum Gasteiger partial charge on any atom is 0.162 e. The van der Waals surface area contributed by atoms with Crippen molar-refractivity contribution in [3.8, 4) is 0 Å². The fourth-order valence-corrected chi connectivity index (χ4v) is 4.09. The van der Waals surface area contributed by atoms with Crippen LogP contribution >= 0.6 is 23.2 Å². The van der Waals surface area contributed by atoms with E-state index in [9.17, 15) is 20.4 Å². The first-order chi connectivity index (χ1) is 15.0. The van der Waals surface area contributed by atoms with Crippen LogP contribution in [0.3, 0.4) is 0 Å². The largest absolute Gasteiger partial charge is 0.394 e. The zero-order valence-electron chi connectivity index (χ0n) is 17.8. The van der Waals surface area contributed by atoms with Gasteiger partial charge in [0.2, 0.25) is 0 Å². The molecule has 1 aromatic rings. The molecule has 0 aromatic heterocycles. The molecule has 0 saturated carbocycles. The van der Waals surface area contributed by atoms with Crippen molar-refractivity contribution in [1.29, 1.82) is 0 Å². The molecule has 0 radical (unpaired) electrons. The molecular formula is C21H34Cl2N2O6. The van der Waals surface area contributed by atoms with Gasteiger partial charge in [0.05, 0.1) is 13.7 Å². The highest BCUT2D eigenvalue weighted by molar-refractivity contribution is 6.18. The summed E-state index contributed by atoms with van der Waals surface area (Å²) in [5.41, 5.74) is 2.30. The molecule has 1 heterocycles. The van der Waals surface area contributed by atoms with E-state index in [2.05, 4.69) is 29.2 Å². The number of benzene rings is 1. The van der Waals surface area contributed by atoms with E-state index in [4.69, 9.17) is 32.8 Å². The zero-order valence-corrected chi connectivity index (χ0v) is 19.3. The van der Waals surface area contributed by atoms with Gasteiger partial charge in [-0.2, -0.15) is 5.06 Å².